The Hall–Kier alpha value is -1.16. The van der Waals surface area contributed by atoms with Crippen LogP contribution in [0.2, 0.25) is 0 Å². The molecule has 1 rings (SSSR count). The molecule has 1 aliphatic rings. The lowest BCUT2D eigenvalue weighted by atomic mass is 9.84. The van der Waals surface area contributed by atoms with Gasteiger partial charge < -0.3 is 26.8 Å². The molecule has 0 aliphatic carbocycles. The summed E-state index contributed by atoms with van der Waals surface area (Å²) in [5.74, 6) is -0.117. The van der Waals surface area contributed by atoms with Crippen LogP contribution in [0.4, 0.5) is 0 Å². The van der Waals surface area contributed by atoms with Crippen LogP contribution in [0, 0.1) is 17.8 Å². The Bertz CT molecular complexity index is 530. The summed E-state index contributed by atoms with van der Waals surface area (Å²) in [6.45, 7) is 7.44. The van der Waals surface area contributed by atoms with Gasteiger partial charge in [-0.05, 0) is 57.4 Å². The quantitative estimate of drug-likeness (QED) is 0.334. The summed E-state index contributed by atoms with van der Waals surface area (Å²) in [5.41, 5.74) is 5.52. The molecule has 0 aromatic rings. The van der Waals surface area contributed by atoms with Gasteiger partial charge in [0.25, 0.3) is 0 Å². The van der Waals surface area contributed by atoms with Gasteiger partial charge in [-0.1, -0.05) is 25.6 Å². The predicted molar refractivity (Wildman–Crippen MR) is 112 cm³/mol. The molecule has 6 N–H and O–H groups in total. The average Bonchev–Trinajstić information content (AvgIpc) is 2.64. The number of rotatable bonds is 10. The first-order valence-corrected chi connectivity index (χ1v) is 11.2. The molecule has 0 aromatic heterocycles. The lowest BCUT2D eigenvalue weighted by Gasteiger charge is -2.32. The van der Waals surface area contributed by atoms with Gasteiger partial charge in [-0.15, -0.1) is 0 Å². The number of carbonyl (C=O) groups excluding carboxylic acids is 3. The molecule has 0 radical (unpaired) electrons. The average molecular weight is 417 g/mol. The maximum absolute atomic E-state index is 12.7. The van der Waals surface area contributed by atoms with E-state index < -0.39 is 24.1 Å². The number of hydrogen-bond acceptors (Lipinski definition) is 7. The van der Waals surface area contributed by atoms with E-state index in [9.17, 15) is 19.5 Å². The number of thioether (sulfide) groups is 1. The highest BCUT2D eigenvalue weighted by atomic mass is 32.2. The van der Waals surface area contributed by atoms with E-state index in [1.807, 2.05) is 0 Å². The van der Waals surface area contributed by atoms with Gasteiger partial charge in [0, 0.05) is 6.54 Å². The molecule has 0 aromatic carbocycles. The molecule has 3 unspecified atom stereocenters. The van der Waals surface area contributed by atoms with E-state index in [2.05, 4.69) is 29.8 Å². The lowest BCUT2D eigenvalue weighted by Crippen LogP contribution is -2.57. The van der Waals surface area contributed by atoms with Crippen LogP contribution in [-0.2, 0) is 14.4 Å². The van der Waals surface area contributed by atoms with E-state index in [0.29, 0.717) is 24.8 Å². The first kappa shape index (κ1) is 24.9. The van der Waals surface area contributed by atoms with E-state index in [1.54, 1.807) is 6.26 Å². The Morgan fingerprint density at radius 2 is 1.89 bits per heavy atom. The van der Waals surface area contributed by atoms with E-state index >= 15 is 0 Å². The molecular formula is C19H36N4O4S. The van der Waals surface area contributed by atoms with Gasteiger partial charge in [0.1, 0.15) is 6.04 Å². The number of nitrogens with one attached hydrogen (secondary N) is 3. The number of nitrogens with two attached hydrogens (primary N) is 1. The highest BCUT2D eigenvalue weighted by molar-refractivity contribution is 8.13. The van der Waals surface area contributed by atoms with Crippen LogP contribution in [0.25, 0.3) is 0 Å². The van der Waals surface area contributed by atoms with Crippen molar-refractivity contribution in [3.8, 4) is 0 Å². The number of piperidine rings is 1. The summed E-state index contributed by atoms with van der Waals surface area (Å²) in [6, 6.07) is -1.86. The molecule has 28 heavy (non-hydrogen) atoms. The molecule has 2 amide bonds. The minimum Gasteiger partial charge on any atom is -0.391 e. The van der Waals surface area contributed by atoms with Crippen molar-refractivity contribution in [1.82, 2.24) is 16.0 Å². The molecule has 0 saturated carbocycles. The zero-order valence-electron chi connectivity index (χ0n) is 17.4. The van der Waals surface area contributed by atoms with Crippen molar-refractivity contribution in [3.63, 3.8) is 0 Å². The normalized spacial score (nSPS) is 23.0. The fraction of sp³-hybridized carbons (Fsp3) is 0.842. The molecule has 162 valence electrons. The third kappa shape index (κ3) is 8.06. The Kier molecular flexibility index (Phi) is 11.0. The molecular weight excluding hydrogens is 380 g/mol. The Morgan fingerprint density at radius 3 is 2.43 bits per heavy atom. The van der Waals surface area contributed by atoms with Crippen LogP contribution in [0.3, 0.4) is 0 Å². The van der Waals surface area contributed by atoms with Crippen molar-refractivity contribution < 1.29 is 19.5 Å². The van der Waals surface area contributed by atoms with Crippen molar-refractivity contribution in [3.05, 3.63) is 0 Å². The van der Waals surface area contributed by atoms with Crippen LogP contribution in [0.1, 0.15) is 40.0 Å². The topological polar surface area (TPSA) is 134 Å². The van der Waals surface area contributed by atoms with E-state index in [1.165, 1.54) is 6.92 Å². The molecule has 9 heteroatoms. The monoisotopic (exact) mass is 416 g/mol. The SMILES string of the molecule is CSC(=O)[C@H](CCN)NC(=O)[C@@H](NC(=O)C1CNCC(CC(C)C)C1)C(C)O. The first-order valence-electron chi connectivity index (χ1n) is 9.96. The van der Waals surface area contributed by atoms with Crippen LogP contribution in [0.15, 0.2) is 0 Å². The number of hydrogen-bond donors (Lipinski definition) is 5. The van der Waals surface area contributed by atoms with Gasteiger partial charge >= 0.3 is 0 Å². The molecule has 1 fully saturated rings. The third-order valence-electron chi connectivity index (χ3n) is 4.94. The first-order chi connectivity index (χ1) is 13.2. The van der Waals surface area contributed by atoms with Gasteiger partial charge in [-0.2, -0.15) is 0 Å². The second-order valence-corrected chi connectivity index (χ2v) is 8.79. The summed E-state index contributed by atoms with van der Waals surface area (Å²) in [7, 11) is 0. The molecule has 1 heterocycles. The number of aliphatic hydroxyl groups excluding tert-OH is 1. The third-order valence-corrected chi connectivity index (χ3v) is 5.62. The second-order valence-electron chi connectivity index (χ2n) is 7.97. The predicted octanol–water partition coefficient (Wildman–Crippen LogP) is -0.153. The Morgan fingerprint density at radius 1 is 1.21 bits per heavy atom. The van der Waals surface area contributed by atoms with Crippen LogP contribution >= 0.6 is 11.8 Å². The fourth-order valence-electron chi connectivity index (χ4n) is 3.57. The van der Waals surface area contributed by atoms with E-state index in [0.717, 1.165) is 31.1 Å². The molecule has 5 atom stereocenters. The molecule has 8 nitrogen and oxygen atoms in total. The largest absolute Gasteiger partial charge is 0.391 e. The summed E-state index contributed by atoms with van der Waals surface area (Å²) < 4.78 is 0. The molecule has 0 bridgehead atoms. The van der Waals surface area contributed by atoms with Crippen LogP contribution in [0.5, 0.6) is 0 Å². The van der Waals surface area contributed by atoms with Crippen molar-refractivity contribution in [2.45, 2.75) is 58.2 Å². The molecule has 1 aliphatic heterocycles. The van der Waals surface area contributed by atoms with E-state index in [-0.39, 0.29) is 23.5 Å². The summed E-state index contributed by atoms with van der Waals surface area (Å²) in [4.78, 5) is 37.3. The van der Waals surface area contributed by atoms with Crippen molar-refractivity contribution in [2.24, 2.45) is 23.5 Å². The van der Waals surface area contributed by atoms with Crippen molar-refractivity contribution in [2.75, 3.05) is 25.9 Å². The summed E-state index contributed by atoms with van der Waals surface area (Å²) in [5, 5.41) is 18.4. The molecule has 1 saturated heterocycles. The Labute approximate surface area is 172 Å². The van der Waals surface area contributed by atoms with Gasteiger partial charge in [-0.3, -0.25) is 14.4 Å². The van der Waals surface area contributed by atoms with Gasteiger partial charge in [0.2, 0.25) is 16.9 Å². The second kappa shape index (κ2) is 12.4. The Balaban J connectivity index is 2.73. The zero-order chi connectivity index (χ0) is 21.3. The zero-order valence-corrected chi connectivity index (χ0v) is 18.2. The standard InChI is InChI=1S/C19H36N4O4S/c1-11(2)7-13-8-14(10-21-9-13)17(25)23-16(12(3)24)18(26)22-15(5-6-20)19(27)28-4/h11-16,21,24H,5-10,20H2,1-4H3,(H,22,26)(H,23,25)/t12?,13?,14?,15-,16-/m0/s1. The van der Waals surface area contributed by atoms with Gasteiger partial charge in [0.15, 0.2) is 0 Å². The fourth-order valence-corrected chi connectivity index (χ4v) is 4.03. The minimum absolute atomic E-state index is 0.206. The minimum atomic E-state index is -1.12. The summed E-state index contributed by atoms with van der Waals surface area (Å²) in [6.07, 6.45) is 2.64. The van der Waals surface area contributed by atoms with Gasteiger partial charge in [-0.25, -0.2) is 0 Å². The summed E-state index contributed by atoms with van der Waals surface area (Å²) >= 11 is 1.01. The smallest absolute Gasteiger partial charge is 0.245 e. The molecule has 0 spiro atoms. The highest BCUT2D eigenvalue weighted by Crippen LogP contribution is 2.23. The lowest BCUT2D eigenvalue weighted by molar-refractivity contribution is -0.135. The maximum Gasteiger partial charge on any atom is 0.245 e. The van der Waals surface area contributed by atoms with E-state index in [4.69, 9.17) is 5.73 Å². The van der Waals surface area contributed by atoms with Crippen LogP contribution < -0.4 is 21.7 Å². The van der Waals surface area contributed by atoms with Crippen molar-refractivity contribution >= 4 is 28.7 Å². The van der Waals surface area contributed by atoms with Crippen LogP contribution in [-0.4, -0.2) is 66.1 Å². The number of aliphatic hydroxyl groups is 1. The van der Waals surface area contributed by atoms with Crippen molar-refractivity contribution in [1.29, 1.82) is 0 Å². The highest BCUT2D eigenvalue weighted by Gasteiger charge is 2.33. The number of amides is 2. The van der Waals surface area contributed by atoms with Gasteiger partial charge in [0.05, 0.1) is 18.1 Å². The number of carbonyl (C=O) groups is 3. The maximum atomic E-state index is 12.7.